The van der Waals surface area contributed by atoms with Gasteiger partial charge < -0.3 is 0 Å². The summed E-state index contributed by atoms with van der Waals surface area (Å²) in [4.78, 5) is 17.3. The molecule has 21 heavy (non-hydrogen) atoms. The van der Waals surface area contributed by atoms with E-state index in [0.717, 1.165) is 41.1 Å². The molecule has 1 aromatic rings. The average Bonchev–Trinajstić information content (AvgIpc) is 2.35. The lowest BCUT2D eigenvalue weighted by molar-refractivity contribution is -0.152. The van der Waals surface area contributed by atoms with E-state index in [2.05, 4.69) is 27.8 Å². The first-order valence-electron chi connectivity index (χ1n) is 8.09. The van der Waals surface area contributed by atoms with Crippen molar-refractivity contribution in [1.29, 1.82) is 0 Å². The molecule has 2 atom stereocenters. The van der Waals surface area contributed by atoms with Crippen molar-refractivity contribution in [3.63, 3.8) is 0 Å². The number of ketones is 1. The number of Topliss-reactive ketones (excluding diaryl/α,β-unsaturated/α-hetero) is 1. The number of aromatic nitrogens is 1. The van der Waals surface area contributed by atoms with E-state index in [0.29, 0.717) is 17.6 Å². The molecule has 112 valence electrons. The molecule has 5 rings (SSSR count). The summed E-state index contributed by atoms with van der Waals surface area (Å²) >= 11 is 3.45. The number of rotatable bonds is 3. The molecule has 0 radical (unpaired) electrons. The summed E-state index contributed by atoms with van der Waals surface area (Å²) in [6, 6.07) is 2.03. The first kappa shape index (κ1) is 13.9. The zero-order chi connectivity index (χ0) is 14.7. The number of hydrogen-bond acceptors (Lipinski definition) is 2. The molecule has 0 spiro atoms. The molecule has 2 nitrogen and oxygen atoms in total. The van der Waals surface area contributed by atoms with Gasteiger partial charge in [-0.25, -0.2) is 0 Å². The van der Waals surface area contributed by atoms with Crippen molar-refractivity contribution in [3.8, 4) is 0 Å². The van der Waals surface area contributed by atoms with E-state index < -0.39 is 0 Å². The van der Waals surface area contributed by atoms with Gasteiger partial charge in [0.25, 0.3) is 0 Å². The number of hydrogen-bond donors (Lipinski definition) is 0. The third-order valence-electron chi connectivity index (χ3n) is 6.07. The van der Waals surface area contributed by atoms with Crippen molar-refractivity contribution in [1.82, 2.24) is 4.98 Å². The fourth-order valence-electron chi connectivity index (χ4n) is 5.97. The van der Waals surface area contributed by atoms with Crippen LogP contribution in [0, 0.1) is 22.7 Å². The highest BCUT2D eigenvalue weighted by molar-refractivity contribution is 9.10. The van der Waals surface area contributed by atoms with Gasteiger partial charge in [-0.1, -0.05) is 6.92 Å². The Labute approximate surface area is 134 Å². The molecule has 3 heteroatoms. The van der Waals surface area contributed by atoms with Gasteiger partial charge in [0.2, 0.25) is 0 Å². The maximum atomic E-state index is 13.1. The van der Waals surface area contributed by atoms with Crippen LogP contribution in [0.2, 0.25) is 0 Å². The minimum absolute atomic E-state index is 0.0127. The summed E-state index contributed by atoms with van der Waals surface area (Å²) < 4.78 is 0.963. The fraction of sp³-hybridized carbons (Fsp3) is 0.667. The molecule has 4 bridgehead atoms. The van der Waals surface area contributed by atoms with Gasteiger partial charge in [0.15, 0.2) is 0 Å². The highest BCUT2D eigenvalue weighted by Gasteiger charge is 2.58. The Morgan fingerprint density at radius 3 is 2.62 bits per heavy atom. The average molecular weight is 348 g/mol. The van der Waals surface area contributed by atoms with Gasteiger partial charge in [0.1, 0.15) is 5.78 Å². The highest BCUT2D eigenvalue weighted by Crippen LogP contribution is 2.65. The SMILES string of the molecule is CC12CC3CC(C1)CC(C(=O)Cc1cncc(Br)c1)(C3)C2. The van der Waals surface area contributed by atoms with Gasteiger partial charge in [-0.05, 0) is 83.3 Å². The summed E-state index contributed by atoms with van der Waals surface area (Å²) in [6.45, 7) is 2.42. The van der Waals surface area contributed by atoms with Crippen molar-refractivity contribution < 1.29 is 4.79 Å². The Kier molecular flexibility index (Phi) is 3.08. The molecular formula is C18H22BrNO. The zero-order valence-electron chi connectivity index (χ0n) is 12.6. The number of halogens is 1. The lowest BCUT2D eigenvalue weighted by atomic mass is 9.43. The van der Waals surface area contributed by atoms with Crippen molar-refractivity contribution in [2.45, 2.75) is 51.9 Å². The molecule has 4 aliphatic rings. The summed E-state index contributed by atoms with van der Waals surface area (Å²) in [5.41, 5.74) is 1.48. The van der Waals surface area contributed by atoms with E-state index in [9.17, 15) is 4.79 Å². The van der Waals surface area contributed by atoms with E-state index in [4.69, 9.17) is 0 Å². The molecule has 0 saturated heterocycles. The maximum absolute atomic E-state index is 13.1. The van der Waals surface area contributed by atoms with Crippen LogP contribution in [0.5, 0.6) is 0 Å². The van der Waals surface area contributed by atoms with Crippen molar-refractivity contribution in [2.24, 2.45) is 22.7 Å². The lowest BCUT2D eigenvalue weighted by Gasteiger charge is -2.60. The Balaban J connectivity index is 1.59. The van der Waals surface area contributed by atoms with Gasteiger partial charge in [-0.3, -0.25) is 9.78 Å². The summed E-state index contributed by atoms with van der Waals surface area (Å²) in [7, 11) is 0. The molecule has 0 aromatic carbocycles. The summed E-state index contributed by atoms with van der Waals surface area (Å²) in [6.07, 6.45) is 11.7. The number of carbonyl (C=O) groups excluding carboxylic acids is 1. The topological polar surface area (TPSA) is 30.0 Å². The van der Waals surface area contributed by atoms with Crippen LogP contribution in [-0.2, 0) is 11.2 Å². The number of nitrogens with zero attached hydrogens (tertiary/aromatic N) is 1. The van der Waals surface area contributed by atoms with Gasteiger partial charge in [-0.15, -0.1) is 0 Å². The third kappa shape index (κ3) is 2.38. The van der Waals surface area contributed by atoms with Gasteiger partial charge in [0.05, 0.1) is 0 Å². The van der Waals surface area contributed by atoms with E-state index in [1.165, 1.54) is 19.3 Å². The first-order valence-corrected chi connectivity index (χ1v) is 8.89. The van der Waals surface area contributed by atoms with Crippen LogP contribution >= 0.6 is 15.9 Å². The number of carbonyl (C=O) groups is 1. The van der Waals surface area contributed by atoms with Crippen molar-refractivity contribution in [2.75, 3.05) is 0 Å². The third-order valence-corrected chi connectivity index (χ3v) is 6.50. The monoisotopic (exact) mass is 347 g/mol. The molecular weight excluding hydrogens is 326 g/mol. The van der Waals surface area contributed by atoms with E-state index >= 15 is 0 Å². The van der Waals surface area contributed by atoms with Gasteiger partial charge in [-0.2, -0.15) is 0 Å². The Morgan fingerprint density at radius 2 is 2.00 bits per heavy atom. The van der Waals surface area contributed by atoms with E-state index in [1.807, 2.05) is 12.3 Å². The van der Waals surface area contributed by atoms with Crippen LogP contribution in [0.25, 0.3) is 0 Å². The molecule has 1 heterocycles. The molecule has 0 N–H and O–H groups in total. The molecule has 2 unspecified atom stereocenters. The Hall–Kier alpha value is -0.700. The van der Waals surface area contributed by atoms with Crippen LogP contribution in [0.4, 0.5) is 0 Å². The Bertz CT molecular complexity index is 583. The van der Waals surface area contributed by atoms with E-state index in [-0.39, 0.29) is 5.41 Å². The summed E-state index contributed by atoms with van der Waals surface area (Å²) in [5, 5.41) is 0. The normalized spacial score (nSPS) is 40.5. The standard InChI is InChI=1S/C18H22BrNO/c1-17-5-13-2-14(6-17)8-18(7-13,11-17)16(21)4-12-3-15(19)10-20-9-12/h3,9-10,13-14H,2,4-8,11H2,1H3. The maximum Gasteiger partial charge on any atom is 0.143 e. The molecule has 4 saturated carbocycles. The predicted octanol–water partition coefficient (Wildman–Crippen LogP) is 4.56. The smallest absolute Gasteiger partial charge is 0.143 e. The fourth-order valence-corrected chi connectivity index (χ4v) is 6.38. The Morgan fingerprint density at radius 1 is 1.29 bits per heavy atom. The highest BCUT2D eigenvalue weighted by atomic mass is 79.9. The minimum Gasteiger partial charge on any atom is -0.299 e. The second-order valence-electron chi connectivity index (χ2n) is 8.16. The number of pyridine rings is 1. The second kappa shape index (κ2) is 4.65. The van der Waals surface area contributed by atoms with Gasteiger partial charge >= 0.3 is 0 Å². The molecule has 0 aliphatic heterocycles. The van der Waals surface area contributed by atoms with Crippen molar-refractivity contribution in [3.05, 3.63) is 28.5 Å². The second-order valence-corrected chi connectivity index (χ2v) is 9.08. The predicted molar refractivity (Wildman–Crippen MR) is 85.9 cm³/mol. The lowest BCUT2D eigenvalue weighted by Crippen LogP contribution is -2.54. The van der Waals surface area contributed by atoms with Crippen LogP contribution in [0.3, 0.4) is 0 Å². The molecule has 1 aromatic heterocycles. The molecule has 4 aliphatic carbocycles. The quantitative estimate of drug-likeness (QED) is 0.801. The zero-order valence-corrected chi connectivity index (χ0v) is 14.2. The first-order chi connectivity index (χ1) is 9.96. The van der Waals surface area contributed by atoms with Crippen molar-refractivity contribution >= 4 is 21.7 Å². The van der Waals surface area contributed by atoms with Crippen LogP contribution in [-0.4, -0.2) is 10.8 Å². The van der Waals surface area contributed by atoms with Crippen LogP contribution in [0.1, 0.15) is 51.0 Å². The minimum atomic E-state index is -0.0127. The van der Waals surface area contributed by atoms with Crippen LogP contribution < -0.4 is 0 Å². The largest absolute Gasteiger partial charge is 0.299 e. The molecule has 0 amide bonds. The van der Waals surface area contributed by atoms with Crippen LogP contribution in [0.15, 0.2) is 22.9 Å². The molecule has 4 fully saturated rings. The van der Waals surface area contributed by atoms with Gasteiger partial charge in [0, 0.05) is 28.7 Å². The summed E-state index contributed by atoms with van der Waals surface area (Å²) in [5.74, 6) is 2.09. The van der Waals surface area contributed by atoms with E-state index in [1.54, 1.807) is 6.20 Å².